The summed E-state index contributed by atoms with van der Waals surface area (Å²) in [4.78, 5) is 27.4. The van der Waals surface area contributed by atoms with E-state index >= 15 is 0 Å². The number of aryl methyl sites for hydroxylation is 1. The molecule has 3 rings (SSSR count). The van der Waals surface area contributed by atoms with Crippen LogP contribution < -0.4 is 10.9 Å². The minimum Gasteiger partial charge on any atom is -0.430 e. The minimum absolute atomic E-state index is 0.174. The van der Waals surface area contributed by atoms with Crippen LogP contribution in [0.3, 0.4) is 0 Å². The summed E-state index contributed by atoms with van der Waals surface area (Å²) in [7, 11) is 2.00. The number of nitrogens with one attached hydrogen (secondary N) is 1. The Morgan fingerprint density at radius 3 is 2.74 bits per heavy atom. The number of thioether (sulfide) groups is 1. The van der Waals surface area contributed by atoms with E-state index in [-0.39, 0.29) is 11.9 Å². The molecule has 0 aromatic carbocycles. The Labute approximate surface area is 138 Å². The molecule has 23 heavy (non-hydrogen) atoms. The van der Waals surface area contributed by atoms with Crippen LogP contribution in [0.5, 0.6) is 0 Å². The number of hydrogen-bond donors (Lipinski definition) is 1. The van der Waals surface area contributed by atoms with Crippen molar-refractivity contribution in [3.05, 3.63) is 46.8 Å². The lowest BCUT2D eigenvalue weighted by Gasteiger charge is -2.28. The van der Waals surface area contributed by atoms with Crippen LogP contribution in [0, 0.1) is 0 Å². The van der Waals surface area contributed by atoms with Gasteiger partial charge in [-0.1, -0.05) is 11.8 Å². The molecule has 1 aliphatic carbocycles. The molecule has 0 bridgehead atoms. The molecule has 2 aromatic rings. The van der Waals surface area contributed by atoms with Crippen LogP contribution in [0.2, 0.25) is 0 Å². The Hall–Kier alpha value is -2.02. The predicted molar refractivity (Wildman–Crippen MR) is 87.6 cm³/mol. The van der Waals surface area contributed by atoms with Crippen LogP contribution in [0.1, 0.15) is 36.0 Å². The van der Waals surface area contributed by atoms with Gasteiger partial charge in [-0.05, 0) is 31.7 Å². The fourth-order valence-electron chi connectivity index (χ4n) is 2.70. The van der Waals surface area contributed by atoms with E-state index in [9.17, 15) is 9.59 Å². The molecule has 0 saturated heterocycles. The summed E-state index contributed by atoms with van der Waals surface area (Å²) < 4.78 is 6.76. The molecule has 1 amide bonds. The van der Waals surface area contributed by atoms with E-state index < -0.39 is 5.63 Å². The normalized spacial score (nSPS) is 21.1. The number of nitrogens with zero attached hydrogens (tertiary/aromatic N) is 2. The van der Waals surface area contributed by atoms with Crippen LogP contribution in [0.4, 0.5) is 0 Å². The Balaban J connectivity index is 1.49. The third kappa shape index (κ3) is 4.04. The molecule has 0 aliphatic heterocycles. The fraction of sp³-hybridized carbons (Fsp3) is 0.438. The molecule has 1 N–H and O–H groups in total. The number of amides is 1. The molecule has 0 spiro atoms. The topological polar surface area (TPSA) is 77.1 Å². The maximum Gasteiger partial charge on any atom is 0.335 e. The number of carbonyl (C=O) groups excluding carboxylic acids is 1. The van der Waals surface area contributed by atoms with Crippen molar-refractivity contribution >= 4 is 17.7 Å². The second-order valence-corrected chi connectivity index (χ2v) is 7.00. The van der Waals surface area contributed by atoms with E-state index in [1.165, 1.54) is 18.4 Å². The van der Waals surface area contributed by atoms with Crippen molar-refractivity contribution in [2.75, 3.05) is 0 Å². The second-order valence-electron chi connectivity index (χ2n) is 5.73. The van der Waals surface area contributed by atoms with Crippen LogP contribution in [-0.4, -0.2) is 26.8 Å². The average molecular weight is 333 g/mol. The van der Waals surface area contributed by atoms with Gasteiger partial charge < -0.3 is 14.3 Å². The minimum atomic E-state index is -0.451. The lowest BCUT2D eigenvalue weighted by Crippen LogP contribution is -2.38. The first kappa shape index (κ1) is 15.9. The standard InChI is InChI=1S/C16H19N3O3S/c1-19-9-8-17-16(19)23-13-5-3-12(4-6-13)18-15(21)11-2-7-14(20)22-10-11/h2,7-10,12-13H,3-6H2,1H3,(H,18,21). The van der Waals surface area contributed by atoms with E-state index in [1.807, 2.05) is 24.0 Å². The first-order chi connectivity index (χ1) is 11.1. The molecule has 7 heteroatoms. The number of hydrogen-bond acceptors (Lipinski definition) is 5. The van der Waals surface area contributed by atoms with Gasteiger partial charge >= 0.3 is 5.63 Å². The van der Waals surface area contributed by atoms with E-state index in [4.69, 9.17) is 4.42 Å². The van der Waals surface area contributed by atoms with Crippen LogP contribution in [-0.2, 0) is 7.05 Å². The maximum absolute atomic E-state index is 12.1. The summed E-state index contributed by atoms with van der Waals surface area (Å²) in [5, 5.41) is 4.59. The molecular weight excluding hydrogens is 314 g/mol. The highest BCUT2D eigenvalue weighted by Gasteiger charge is 2.24. The summed E-state index contributed by atoms with van der Waals surface area (Å²) in [5.74, 6) is -0.186. The molecule has 2 aromatic heterocycles. The molecule has 0 unspecified atom stereocenters. The fourth-order valence-corrected chi connectivity index (χ4v) is 3.85. The second kappa shape index (κ2) is 7.04. The summed E-state index contributed by atoms with van der Waals surface area (Å²) >= 11 is 1.81. The molecule has 1 saturated carbocycles. The molecule has 1 fully saturated rings. The Bertz CT molecular complexity index is 712. The monoisotopic (exact) mass is 333 g/mol. The molecule has 0 atom stereocenters. The van der Waals surface area contributed by atoms with Crippen molar-refractivity contribution in [3.63, 3.8) is 0 Å². The van der Waals surface area contributed by atoms with Crippen molar-refractivity contribution in [1.82, 2.24) is 14.9 Å². The predicted octanol–water partition coefficient (Wildman–Crippen LogP) is 2.21. The van der Waals surface area contributed by atoms with Gasteiger partial charge in [-0.2, -0.15) is 0 Å². The van der Waals surface area contributed by atoms with Gasteiger partial charge in [0.15, 0.2) is 5.16 Å². The highest BCUT2D eigenvalue weighted by Crippen LogP contribution is 2.32. The number of aromatic nitrogens is 2. The lowest BCUT2D eigenvalue weighted by atomic mass is 9.95. The third-order valence-corrected chi connectivity index (χ3v) is 5.43. The van der Waals surface area contributed by atoms with E-state index in [0.29, 0.717) is 10.8 Å². The van der Waals surface area contributed by atoms with E-state index in [1.54, 1.807) is 11.8 Å². The zero-order valence-electron chi connectivity index (χ0n) is 12.9. The zero-order valence-corrected chi connectivity index (χ0v) is 13.7. The van der Waals surface area contributed by atoms with Crippen LogP contribution in [0.25, 0.3) is 0 Å². The number of rotatable bonds is 4. The maximum atomic E-state index is 12.1. The lowest BCUT2D eigenvalue weighted by molar-refractivity contribution is 0.0925. The van der Waals surface area contributed by atoms with Gasteiger partial charge in [0.25, 0.3) is 5.91 Å². The third-order valence-electron chi connectivity index (χ3n) is 4.02. The van der Waals surface area contributed by atoms with Gasteiger partial charge in [-0.3, -0.25) is 4.79 Å². The average Bonchev–Trinajstić information content (AvgIpc) is 2.95. The summed E-state index contributed by atoms with van der Waals surface area (Å²) in [6.45, 7) is 0. The molecule has 2 heterocycles. The van der Waals surface area contributed by atoms with Crippen molar-refractivity contribution in [2.24, 2.45) is 7.05 Å². The summed E-state index contributed by atoms with van der Waals surface area (Å²) in [6.07, 6.45) is 8.97. The molecule has 0 radical (unpaired) electrons. The summed E-state index contributed by atoms with van der Waals surface area (Å²) in [6, 6.07) is 2.92. The number of carbonyl (C=O) groups is 1. The highest BCUT2D eigenvalue weighted by atomic mass is 32.2. The van der Waals surface area contributed by atoms with Crippen LogP contribution >= 0.6 is 11.8 Å². The molecule has 122 valence electrons. The zero-order chi connectivity index (χ0) is 16.2. The number of imidazole rings is 1. The first-order valence-corrected chi connectivity index (χ1v) is 8.53. The smallest absolute Gasteiger partial charge is 0.335 e. The van der Waals surface area contributed by atoms with Crippen molar-refractivity contribution in [2.45, 2.75) is 42.1 Å². The van der Waals surface area contributed by atoms with E-state index in [2.05, 4.69) is 10.3 Å². The van der Waals surface area contributed by atoms with E-state index in [0.717, 1.165) is 30.8 Å². The molecular formula is C16H19N3O3S. The molecule has 6 nitrogen and oxygen atoms in total. The Morgan fingerprint density at radius 2 is 2.13 bits per heavy atom. The van der Waals surface area contributed by atoms with Gasteiger partial charge in [-0.25, -0.2) is 9.78 Å². The van der Waals surface area contributed by atoms with Gasteiger partial charge in [-0.15, -0.1) is 0 Å². The highest BCUT2D eigenvalue weighted by molar-refractivity contribution is 7.99. The van der Waals surface area contributed by atoms with Crippen molar-refractivity contribution in [1.29, 1.82) is 0 Å². The largest absolute Gasteiger partial charge is 0.430 e. The Kier molecular flexibility index (Phi) is 4.85. The van der Waals surface area contributed by atoms with Gasteiger partial charge in [0, 0.05) is 36.8 Å². The van der Waals surface area contributed by atoms with Crippen molar-refractivity contribution in [3.8, 4) is 0 Å². The Morgan fingerprint density at radius 1 is 1.35 bits per heavy atom. The van der Waals surface area contributed by atoms with Crippen molar-refractivity contribution < 1.29 is 9.21 Å². The quantitative estimate of drug-likeness (QED) is 0.928. The van der Waals surface area contributed by atoms with Gasteiger partial charge in [0.2, 0.25) is 0 Å². The van der Waals surface area contributed by atoms with Gasteiger partial charge in [0.1, 0.15) is 6.26 Å². The first-order valence-electron chi connectivity index (χ1n) is 7.65. The van der Waals surface area contributed by atoms with Crippen LogP contribution in [0.15, 0.2) is 45.2 Å². The summed E-state index contributed by atoms with van der Waals surface area (Å²) in [5.41, 5.74) is -0.0672. The van der Waals surface area contributed by atoms with Gasteiger partial charge in [0.05, 0.1) is 5.56 Å². The SMILES string of the molecule is Cn1ccnc1SC1CCC(NC(=O)c2ccc(=O)oc2)CC1. The molecule has 1 aliphatic rings.